The molecule has 0 aliphatic carbocycles. The number of para-hydroxylation sites is 4. The number of aryl methyl sites for hydroxylation is 1. The molecule has 0 fully saturated rings. The van der Waals surface area contributed by atoms with Gasteiger partial charge in [0.2, 0.25) is 0 Å². The number of aromatic nitrogens is 2. The minimum atomic E-state index is -4.41. The molecule has 0 aliphatic rings. The molecule has 0 aliphatic heterocycles. The molecule has 0 saturated heterocycles. The monoisotopic (exact) mass is 686 g/mol. The highest BCUT2D eigenvalue weighted by atomic mass is 19.4. The Hall–Kier alpha value is -6.60. The Balaban J connectivity index is 1.18. The predicted octanol–water partition coefficient (Wildman–Crippen LogP) is 13.0. The van der Waals surface area contributed by atoms with E-state index in [1.54, 1.807) is 0 Å². The molecule has 0 atom stereocenters. The maximum absolute atomic E-state index is 13.4. The van der Waals surface area contributed by atoms with Crippen LogP contribution in [0.25, 0.3) is 28.1 Å². The van der Waals surface area contributed by atoms with Gasteiger partial charge in [-0.1, -0.05) is 66.2 Å². The van der Waals surface area contributed by atoms with Gasteiger partial charge in [-0.3, -0.25) is 4.57 Å². The number of imidazole rings is 1. The summed E-state index contributed by atoms with van der Waals surface area (Å²) >= 11 is 0. The topological polar surface area (TPSA) is 24.3 Å². The lowest BCUT2D eigenvalue weighted by atomic mass is 10.1. The summed E-state index contributed by atoms with van der Waals surface area (Å²) in [6.45, 7) is 2.09. The molecular weight excluding hydrogens is 654 g/mol. The highest BCUT2D eigenvalue weighted by Crippen LogP contribution is 2.39. The van der Waals surface area contributed by atoms with Crippen LogP contribution in [-0.4, -0.2) is 9.55 Å². The van der Waals surface area contributed by atoms with Crippen molar-refractivity contribution in [3.8, 4) is 17.1 Å². The molecule has 52 heavy (non-hydrogen) atoms. The molecule has 0 N–H and O–H groups in total. The minimum absolute atomic E-state index is 0.621. The minimum Gasteiger partial charge on any atom is -0.311 e. The smallest absolute Gasteiger partial charge is 0.311 e. The van der Waals surface area contributed by atoms with Gasteiger partial charge in [-0.25, -0.2) is 4.98 Å². The Morgan fingerprint density at radius 3 is 1.40 bits per heavy atom. The highest BCUT2D eigenvalue weighted by molar-refractivity contribution is 5.85. The molecule has 4 nitrogen and oxygen atoms in total. The van der Waals surface area contributed by atoms with Gasteiger partial charge in [-0.2, -0.15) is 13.2 Å². The summed E-state index contributed by atoms with van der Waals surface area (Å²) in [5, 5.41) is 0. The summed E-state index contributed by atoms with van der Waals surface area (Å²) in [7, 11) is 0. The molecule has 1 heterocycles. The highest BCUT2D eigenvalue weighted by Gasteiger charge is 2.30. The van der Waals surface area contributed by atoms with Crippen molar-refractivity contribution in [2.75, 3.05) is 9.80 Å². The van der Waals surface area contributed by atoms with Crippen molar-refractivity contribution in [2.24, 2.45) is 0 Å². The van der Waals surface area contributed by atoms with Crippen LogP contribution in [0.15, 0.2) is 182 Å². The summed E-state index contributed by atoms with van der Waals surface area (Å²) in [5.41, 5.74) is 9.62. The Kier molecular flexibility index (Phi) is 8.53. The van der Waals surface area contributed by atoms with Gasteiger partial charge < -0.3 is 9.80 Å². The van der Waals surface area contributed by atoms with E-state index in [1.807, 2.05) is 95.9 Å². The first-order chi connectivity index (χ1) is 25.3. The van der Waals surface area contributed by atoms with Crippen LogP contribution in [0.1, 0.15) is 11.1 Å². The number of alkyl halides is 3. The summed E-state index contributed by atoms with van der Waals surface area (Å²) in [4.78, 5) is 9.27. The third-order valence-electron chi connectivity index (χ3n) is 9.08. The Labute approximate surface area is 300 Å². The van der Waals surface area contributed by atoms with E-state index in [9.17, 15) is 13.2 Å². The second-order valence-electron chi connectivity index (χ2n) is 12.5. The van der Waals surface area contributed by atoms with Crippen LogP contribution in [0.3, 0.4) is 0 Å². The molecule has 0 radical (unpaired) electrons. The van der Waals surface area contributed by atoms with Crippen LogP contribution in [0.4, 0.5) is 47.3 Å². The Bertz CT molecular complexity index is 2420. The van der Waals surface area contributed by atoms with E-state index in [1.165, 1.54) is 17.7 Å². The number of halogens is 3. The number of anilines is 6. The van der Waals surface area contributed by atoms with E-state index in [4.69, 9.17) is 4.98 Å². The second-order valence-corrected chi connectivity index (χ2v) is 12.5. The molecule has 0 amide bonds. The lowest BCUT2D eigenvalue weighted by Crippen LogP contribution is -2.11. The molecular formula is C45H33F3N4. The van der Waals surface area contributed by atoms with Gasteiger partial charge in [0, 0.05) is 45.4 Å². The zero-order valence-corrected chi connectivity index (χ0v) is 28.2. The number of fused-ring (bicyclic) bond motifs is 1. The summed E-state index contributed by atoms with van der Waals surface area (Å²) in [5.74, 6) is 0.796. The fourth-order valence-corrected chi connectivity index (χ4v) is 6.53. The molecule has 0 spiro atoms. The maximum atomic E-state index is 13.4. The molecule has 0 unspecified atom stereocenters. The first-order valence-corrected chi connectivity index (χ1v) is 17.0. The summed E-state index contributed by atoms with van der Waals surface area (Å²) < 4.78 is 42.3. The number of hydrogen-bond acceptors (Lipinski definition) is 3. The molecule has 8 rings (SSSR count). The lowest BCUT2D eigenvalue weighted by molar-refractivity contribution is -0.137. The summed E-state index contributed by atoms with van der Waals surface area (Å²) in [6.07, 6.45) is -4.41. The van der Waals surface area contributed by atoms with Crippen LogP contribution < -0.4 is 9.80 Å². The number of benzene rings is 7. The van der Waals surface area contributed by atoms with E-state index >= 15 is 0 Å². The van der Waals surface area contributed by atoms with Crippen molar-refractivity contribution in [1.29, 1.82) is 0 Å². The van der Waals surface area contributed by atoms with Crippen LogP contribution in [-0.2, 0) is 6.18 Å². The van der Waals surface area contributed by atoms with E-state index in [0.29, 0.717) is 5.69 Å². The fraction of sp³-hybridized carbons (Fsp3) is 0.0444. The molecule has 8 aromatic rings. The molecule has 1 aromatic heterocycles. The normalized spacial score (nSPS) is 11.5. The van der Waals surface area contributed by atoms with Crippen molar-refractivity contribution < 1.29 is 13.2 Å². The van der Waals surface area contributed by atoms with Gasteiger partial charge in [-0.15, -0.1) is 0 Å². The molecule has 7 aromatic carbocycles. The van der Waals surface area contributed by atoms with Gasteiger partial charge in [0.05, 0.1) is 16.6 Å². The molecule has 254 valence electrons. The van der Waals surface area contributed by atoms with Crippen molar-refractivity contribution in [2.45, 2.75) is 13.1 Å². The van der Waals surface area contributed by atoms with Crippen LogP contribution in [0.2, 0.25) is 0 Å². The van der Waals surface area contributed by atoms with Gasteiger partial charge in [0.1, 0.15) is 5.82 Å². The Morgan fingerprint density at radius 1 is 0.462 bits per heavy atom. The first-order valence-electron chi connectivity index (χ1n) is 17.0. The predicted molar refractivity (Wildman–Crippen MR) is 206 cm³/mol. The standard InChI is InChI=1S/C45H33F3N4/c1-32-16-22-37(23-17-32)50(35-10-4-2-5-11-35)38-24-18-33(19-25-38)44-49-42-14-8-9-15-43(42)52(44)41-30-28-40(29-31-41)51(36-12-6-3-7-13-36)39-26-20-34(21-27-39)45(46,47)48/h2-31H,1H3. The van der Waals surface area contributed by atoms with Crippen LogP contribution >= 0.6 is 0 Å². The third kappa shape index (κ3) is 6.40. The van der Waals surface area contributed by atoms with E-state index in [0.717, 1.165) is 68.7 Å². The SMILES string of the molecule is Cc1ccc(N(c2ccccc2)c2ccc(-c3nc4ccccc4n3-c3ccc(N(c4ccccc4)c4ccc(C(F)(F)F)cc4)cc3)cc2)cc1. The van der Waals surface area contributed by atoms with Gasteiger partial charge in [0.25, 0.3) is 0 Å². The number of nitrogens with zero attached hydrogens (tertiary/aromatic N) is 4. The van der Waals surface area contributed by atoms with Gasteiger partial charge in [0.15, 0.2) is 0 Å². The average Bonchev–Trinajstić information content (AvgIpc) is 3.57. The largest absolute Gasteiger partial charge is 0.416 e. The molecule has 0 bridgehead atoms. The van der Waals surface area contributed by atoms with Crippen molar-refractivity contribution >= 4 is 45.2 Å². The maximum Gasteiger partial charge on any atom is 0.416 e. The van der Waals surface area contributed by atoms with Crippen molar-refractivity contribution in [3.63, 3.8) is 0 Å². The van der Waals surface area contributed by atoms with Crippen LogP contribution in [0.5, 0.6) is 0 Å². The third-order valence-corrected chi connectivity index (χ3v) is 9.08. The van der Waals surface area contributed by atoms with Crippen LogP contribution in [0, 0.1) is 6.92 Å². The van der Waals surface area contributed by atoms with E-state index < -0.39 is 11.7 Å². The molecule has 0 saturated carbocycles. The van der Waals surface area contributed by atoms with Crippen molar-refractivity contribution in [1.82, 2.24) is 9.55 Å². The number of hydrogen-bond donors (Lipinski definition) is 0. The first kappa shape index (κ1) is 32.6. The van der Waals surface area contributed by atoms with E-state index in [-0.39, 0.29) is 0 Å². The zero-order valence-electron chi connectivity index (χ0n) is 28.2. The molecule has 7 heteroatoms. The zero-order chi connectivity index (χ0) is 35.7. The quantitative estimate of drug-likeness (QED) is 0.159. The summed E-state index contributed by atoms with van der Waals surface area (Å²) in [6, 6.07) is 58.2. The van der Waals surface area contributed by atoms with Gasteiger partial charge in [-0.05, 0) is 128 Å². The second kappa shape index (κ2) is 13.6. The lowest BCUT2D eigenvalue weighted by Gasteiger charge is -2.26. The average molecular weight is 687 g/mol. The Morgan fingerprint density at radius 2 is 0.885 bits per heavy atom. The number of rotatable bonds is 8. The fourth-order valence-electron chi connectivity index (χ4n) is 6.53. The van der Waals surface area contributed by atoms with E-state index in [2.05, 4.69) is 83.1 Å². The van der Waals surface area contributed by atoms with Gasteiger partial charge >= 0.3 is 6.18 Å². The van der Waals surface area contributed by atoms with Crippen molar-refractivity contribution in [3.05, 3.63) is 193 Å².